The molecule has 2 N–H and O–H groups in total. The van der Waals surface area contributed by atoms with Crippen LogP contribution in [-0.4, -0.2) is 35.3 Å². The summed E-state index contributed by atoms with van der Waals surface area (Å²) in [6.45, 7) is 1.16. The van der Waals surface area contributed by atoms with Crippen molar-refractivity contribution in [2.24, 2.45) is 5.92 Å². The zero-order valence-corrected chi connectivity index (χ0v) is 10.7. The van der Waals surface area contributed by atoms with Gasteiger partial charge in [0.05, 0.1) is 6.61 Å². The lowest BCUT2D eigenvalue weighted by molar-refractivity contribution is -0.139. The second kappa shape index (κ2) is 5.46. The molecule has 92 valence electrons. The monoisotopic (exact) mass is 300 g/mol. The number of carbonyl (C=O) groups is 1. The van der Waals surface area contributed by atoms with Gasteiger partial charge in [-0.25, -0.2) is 4.98 Å². The van der Waals surface area contributed by atoms with Crippen molar-refractivity contribution in [1.82, 2.24) is 10.3 Å². The number of nitrogens with zero attached hydrogens (tertiary/aromatic N) is 1. The van der Waals surface area contributed by atoms with Crippen LogP contribution in [0, 0.1) is 5.92 Å². The van der Waals surface area contributed by atoms with Gasteiger partial charge in [0.2, 0.25) is 5.88 Å². The molecule has 2 unspecified atom stereocenters. The van der Waals surface area contributed by atoms with Gasteiger partial charge in [0.1, 0.15) is 10.6 Å². The van der Waals surface area contributed by atoms with E-state index >= 15 is 0 Å². The van der Waals surface area contributed by atoms with Crippen molar-refractivity contribution in [2.45, 2.75) is 12.5 Å². The first-order chi connectivity index (χ1) is 8.15. The molecule has 0 saturated carbocycles. The number of rotatable bonds is 4. The van der Waals surface area contributed by atoms with Gasteiger partial charge in [0.25, 0.3) is 0 Å². The minimum absolute atomic E-state index is 0.219. The standard InChI is InChI=1S/C11H13BrN2O3/c12-9-2-1-3-10(14-9)17-6-7-4-8(11(15)16)13-5-7/h1-3,7-8,13H,4-6H2,(H,15,16). The molecule has 2 heterocycles. The maximum absolute atomic E-state index is 10.7. The third-order valence-corrected chi connectivity index (χ3v) is 3.12. The van der Waals surface area contributed by atoms with E-state index in [0.717, 1.165) is 4.60 Å². The largest absolute Gasteiger partial charge is 0.480 e. The molecule has 2 rings (SSSR count). The summed E-state index contributed by atoms with van der Waals surface area (Å²) in [6, 6.07) is 5.00. The van der Waals surface area contributed by atoms with Crippen molar-refractivity contribution in [3.8, 4) is 5.88 Å². The van der Waals surface area contributed by atoms with E-state index in [4.69, 9.17) is 9.84 Å². The minimum Gasteiger partial charge on any atom is -0.480 e. The molecule has 0 spiro atoms. The Labute approximate surface area is 107 Å². The van der Waals surface area contributed by atoms with Gasteiger partial charge in [0.15, 0.2) is 0 Å². The lowest BCUT2D eigenvalue weighted by atomic mass is 10.1. The third kappa shape index (κ3) is 3.41. The second-order valence-corrected chi connectivity index (χ2v) is 4.82. The van der Waals surface area contributed by atoms with E-state index in [-0.39, 0.29) is 5.92 Å². The van der Waals surface area contributed by atoms with Gasteiger partial charge in [-0.05, 0) is 28.4 Å². The van der Waals surface area contributed by atoms with Gasteiger partial charge in [0, 0.05) is 18.5 Å². The zero-order chi connectivity index (χ0) is 12.3. The SMILES string of the molecule is O=C(O)C1CC(COc2cccc(Br)n2)CN1. The fourth-order valence-corrected chi connectivity index (χ4v) is 2.12. The van der Waals surface area contributed by atoms with E-state index in [1.54, 1.807) is 6.07 Å². The Morgan fingerprint density at radius 1 is 1.65 bits per heavy atom. The molecular weight excluding hydrogens is 288 g/mol. The number of pyridine rings is 1. The molecule has 1 fully saturated rings. The first-order valence-corrected chi connectivity index (χ1v) is 6.16. The van der Waals surface area contributed by atoms with Crippen LogP contribution < -0.4 is 10.1 Å². The summed E-state index contributed by atoms with van der Waals surface area (Å²) in [5.41, 5.74) is 0. The lowest BCUT2D eigenvalue weighted by Gasteiger charge is -2.10. The van der Waals surface area contributed by atoms with Crippen molar-refractivity contribution in [3.05, 3.63) is 22.8 Å². The molecule has 0 bridgehead atoms. The molecule has 2 atom stereocenters. The summed E-state index contributed by atoms with van der Waals surface area (Å²) in [4.78, 5) is 14.9. The Hall–Kier alpha value is -1.14. The lowest BCUT2D eigenvalue weighted by Crippen LogP contribution is -2.29. The zero-order valence-electron chi connectivity index (χ0n) is 9.10. The minimum atomic E-state index is -0.798. The predicted molar refractivity (Wildman–Crippen MR) is 65.0 cm³/mol. The van der Waals surface area contributed by atoms with Crippen LogP contribution >= 0.6 is 15.9 Å². The summed E-state index contributed by atoms with van der Waals surface area (Å²) < 4.78 is 6.25. The normalized spacial score (nSPS) is 23.6. The first-order valence-electron chi connectivity index (χ1n) is 5.36. The van der Waals surface area contributed by atoms with Crippen LogP contribution in [-0.2, 0) is 4.79 Å². The maximum Gasteiger partial charge on any atom is 0.320 e. The van der Waals surface area contributed by atoms with Crippen LogP contribution in [0.1, 0.15) is 6.42 Å². The van der Waals surface area contributed by atoms with Crippen LogP contribution in [0.15, 0.2) is 22.8 Å². The highest BCUT2D eigenvalue weighted by atomic mass is 79.9. The molecule has 1 saturated heterocycles. The topological polar surface area (TPSA) is 71.5 Å². The molecule has 0 amide bonds. The molecule has 1 aliphatic heterocycles. The Morgan fingerprint density at radius 3 is 3.12 bits per heavy atom. The molecule has 5 nitrogen and oxygen atoms in total. The van der Waals surface area contributed by atoms with E-state index in [1.165, 1.54) is 0 Å². The molecule has 6 heteroatoms. The first kappa shape index (κ1) is 12.3. The average molecular weight is 301 g/mol. The van der Waals surface area contributed by atoms with Gasteiger partial charge < -0.3 is 15.2 Å². The number of aromatic nitrogens is 1. The summed E-state index contributed by atoms with van der Waals surface area (Å²) in [7, 11) is 0. The number of carboxylic acid groups (broad SMARTS) is 1. The van der Waals surface area contributed by atoms with Gasteiger partial charge in [-0.2, -0.15) is 0 Å². The molecule has 1 aromatic heterocycles. The molecule has 17 heavy (non-hydrogen) atoms. The smallest absolute Gasteiger partial charge is 0.320 e. The number of hydrogen-bond acceptors (Lipinski definition) is 4. The van der Waals surface area contributed by atoms with Gasteiger partial charge in [-0.15, -0.1) is 0 Å². The van der Waals surface area contributed by atoms with Gasteiger partial charge in [-0.1, -0.05) is 6.07 Å². The summed E-state index contributed by atoms with van der Waals surface area (Å²) in [5, 5.41) is 11.8. The highest BCUT2D eigenvalue weighted by Gasteiger charge is 2.29. The quantitative estimate of drug-likeness (QED) is 0.820. The van der Waals surface area contributed by atoms with Gasteiger partial charge >= 0.3 is 5.97 Å². The Balaban J connectivity index is 1.82. The van der Waals surface area contributed by atoms with E-state index in [0.29, 0.717) is 25.5 Å². The molecule has 1 aliphatic rings. The van der Waals surface area contributed by atoms with Gasteiger partial charge in [-0.3, -0.25) is 4.79 Å². The molecular formula is C11H13BrN2O3. The van der Waals surface area contributed by atoms with E-state index < -0.39 is 12.0 Å². The van der Waals surface area contributed by atoms with Crippen LogP contribution in [0.3, 0.4) is 0 Å². The maximum atomic E-state index is 10.7. The van der Waals surface area contributed by atoms with Crippen LogP contribution in [0.25, 0.3) is 0 Å². The number of carboxylic acids is 1. The van der Waals surface area contributed by atoms with Crippen molar-refractivity contribution < 1.29 is 14.6 Å². The van der Waals surface area contributed by atoms with Crippen molar-refractivity contribution in [2.75, 3.05) is 13.2 Å². The van der Waals surface area contributed by atoms with Crippen molar-refractivity contribution >= 4 is 21.9 Å². The van der Waals surface area contributed by atoms with Crippen LogP contribution in [0.5, 0.6) is 5.88 Å². The second-order valence-electron chi connectivity index (χ2n) is 4.01. The average Bonchev–Trinajstić information content (AvgIpc) is 2.75. The molecule has 1 aromatic rings. The molecule has 0 radical (unpaired) electrons. The van der Waals surface area contributed by atoms with Crippen LogP contribution in [0.2, 0.25) is 0 Å². The number of aliphatic carboxylic acids is 1. The fraction of sp³-hybridized carbons (Fsp3) is 0.455. The summed E-state index contributed by atoms with van der Waals surface area (Å²) in [5.74, 6) is -0.0249. The van der Waals surface area contributed by atoms with E-state index in [1.807, 2.05) is 12.1 Å². The number of ether oxygens (including phenoxy) is 1. The Kier molecular flexibility index (Phi) is 3.96. The number of hydrogen-bond donors (Lipinski definition) is 2. The number of halogens is 1. The van der Waals surface area contributed by atoms with Crippen LogP contribution in [0.4, 0.5) is 0 Å². The molecule has 0 aromatic carbocycles. The Morgan fingerprint density at radius 2 is 2.47 bits per heavy atom. The predicted octanol–water partition coefficient (Wildman–Crippen LogP) is 1.29. The summed E-state index contributed by atoms with van der Waals surface area (Å²) in [6.07, 6.45) is 0.601. The highest BCUT2D eigenvalue weighted by Crippen LogP contribution is 2.17. The van der Waals surface area contributed by atoms with Crippen molar-refractivity contribution in [3.63, 3.8) is 0 Å². The summed E-state index contributed by atoms with van der Waals surface area (Å²) >= 11 is 3.26. The highest BCUT2D eigenvalue weighted by molar-refractivity contribution is 9.10. The van der Waals surface area contributed by atoms with E-state index in [2.05, 4.69) is 26.2 Å². The van der Waals surface area contributed by atoms with Crippen molar-refractivity contribution in [1.29, 1.82) is 0 Å². The number of nitrogens with one attached hydrogen (secondary N) is 1. The Bertz CT molecular complexity index is 413. The third-order valence-electron chi connectivity index (χ3n) is 2.68. The fourth-order valence-electron chi connectivity index (χ4n) is 1.80. The molecule has 0 aliphatic carbocycles. The van der Waals surface area contributed by atoms with E-state index in [9.17, 15) is 4.79 Å².